The molecule has 1 aliphatic rings. The van der Waals surface area contributed by atoms with Crippen LogP contribution in [0.15, 0.2) is 48.5 Å². The van der Waals surface area contributed by atoms with Gasteiger partial charge in [-0.05, 0) is 48.1 Å². The summed E-state index contributed by atoms with van der Waals surface area (Å²) >= 11 is 0. The molecular weight excluding hydrogens is 288 g/mol. The van der Waals surface area contributed by atoms with E-state index in [-0.39, 0.29) is 5.97 Å². The van der Waals surface area contributed by atoms with E-state index in [1.807, 2.05) is 42.5 Å². The lowest BCUT2D eigenvalue weighted by atomic mass is 10.0. The van der Waals surface area contributed by atoms with Crippen LogP contribution in [0, 0.1) is 5.92 Å². The molecule has 0 saturated heterocycles. The van der Waals surface area contributed by atoms with Crippen LogP contribution >= 0.6 is 0 Å². The SMILES string of the molecule is COC(=O)c1cc(CCC2CC2)cc(OCc2ccccc2)c1. The van der Waals surface area contributed by atoms with Gasteiger partial charge in [-0.2, -0.15) is 0 Å². The summed E-state index contributed by atoms with van der Waals surface area (Å²) in [7, 11) is 1.41. The fourth-order valence-corrected chi connectivity index (χ4v) is 2.64. The Morgan fingerprint density at radius 3 is 2.57 bits per heavy atom. The van der Waals surface area contributed by atoms with E-state index >= 15 is 0 Å². The van der Waals surface area contributed by atoms with Crippen molar-refractivity contribution in [2.75, 3.05) is 7.11 Å². The van der Waals surface area contributed by atoms with Crippen LogP contribution in [0.2, 0.25) is 0 Å². The Labute approximate surface area is 137 Å². The molecule has 3 nitrogen and oxygen atoms in total. The molecule has 1 saturated carbocycles. The highest BCUT2D eigenvalue weighted by molar-refractivity contribution is 5.90. The van der Waals surface area contributed by atoms with Gasteiger partial charge in [0.15, 0.2) is 0 Å². The van der Waals surface area contributed by atoms with Gasteiger partial charge in [0.2, 0.25) is 0 Å². The first-order valence-electron chi connectivity index (χ1n) is 8.13. The second-order valence-corrected chi connectivity index (χ2v) is 6.11. The number of benzene rings is 2. The van der Waals surface area contributed by atoms with Gasteiger partial charge in [-0.15, -0.1) is 0 Å². The number of carbonyl (C=O) groups is 1. The first-order valence-corrected chi connectivity index (χ1v) is 8.13. The van der Waals surface area contributed by atoms with Crippen LogP contribution < -0.4 is 4.74 Å². The third kappa shape index (κ3) is 4.59. The van der Waals surface area contributed by atoms with Crippen molar-refractivity contribution in [1.29, 1.82) is 0 Å². The van der Waals surface area contributed by atoms with Crippen molar-refractivity contribution < 1.29 is 14.3 Å². The normalized spacial score (nSPS) is 13.6. The van der Waals surface area contributed by atoms with E-state index in [4.69, 9.17) is 9.47 Å². The quantitative estimate of drug-likeness (QED) is 0.711. The molecule has 0 aliphatic heterocycles. The van der Waals surface area contributed by atoms with Crippen molar-refractivity contribution in [3.63, 3.8) is 0 Å². The molecule has 2 aromatic rings. The Hall–Kier alpha value is -2.29. The summed E-state index contributed by atoms with van der Waals surface area (Å²) in [6, 6.07) is 15.7. The number of ether oxygens (including phenoxy) is 2. The minimum Gasteiger partial charge on any atom is -0.489 e. The molecule has 0 radical (unpaired) electrons. The largest absolute Gasteiger partial charge is 0.489 e. The maximum Gasteiger partial charge on any atom is 0.337 e. The lowest BCUT2D eigenvalue weighted by molar-refractivity contribution is 0.0600. The summed E-state index contributed by atoms with van der Waals surface area (Å²) in [5.41, 5.74) is 2.81. The predicted molar refractivity (Wildman–Crippen MR) is 89.6 cm³/mol. The number of hydrogen-bond donors (Lipinski definition) is 0. The maximum absolute atomic E-state index is 11.9. The van der Waals surface area contributed by atoms with Gasteiger partial charge in [0.25, 0.3) is 0 Å². The van der Waals surface area contributed by atoms with E-state index < -0.39 is 0 Å². The molecule has 0 N–H and O–H groups in total. The van der Waals surface area contributed by atoms with Gasteiger partial charge in [-0.25, -0.2) is 4.79 Å². The van der Waals surface area contributed by atoms with Crippen LogP contribution in [-0.4, -0.2) is 13.1 Å². The molecule has 0 spiro atoms. The summed E-state index contributed by atoms with van der Waals surface area (Å²) < 4.78 is 10.7. The summed E-state index contributed by atoms with van der Waals surface area (Å²) in [5.74, 6) is 1.27. The van der Waals surface area contributed by atoms with Gasteiger partial charge in [0, 0.05) is 0 Å². The van der Waals surface area contributed by atoms with Crippen molar-refractivity contribution in [3.8, 4) is 5.75 Å². The van der Waals surface area contributed by atoms with Crippen LogP contribution in [-0.2, 0) is 17.8 Å². The topological polar surface area (TPSA) is 35.5 Å². The highest BCUT2D eigenvalue weighted by Gasteiger charge is 2.21. The Kier molecular flexibility index (Phi) is 4.96. The zero-order valence-corrected chi connectivity index (χ0v) is 13.5. The third-order valence-corrected chi connectivity index (χ3v) is 4.17. The first-order chi connectivity index (χ1) is 11.2. The molecule has 2 aromatic carbocycles. The molecule has 0 aromatic heterocycles. The molecule has 3 heteroatoms. The summed E-state index contributed by atoms with van der Waals surface area (Å²) in [4.78, 5) is 11.9. The Balaban J connectivity index is 1.73. The fraction of sp³-hybridized carbons (Fsp3) is 0.350. The molecule has 0 bridgehead atoms. The van der Waals surface area contributed by atoms with Crippen molar-refractivity contribution in [1.82, 2.24) is 0 Å². The smallest absolute Gasteiger partial charge is 0.337 e. The molecule has 120 valence electrons. The predicted octanol–water partition coefficient (Wildman–Crippen LogP) is 4.39. The molecule has 3 rings (SSSR count). The first kappa shape index (κ1) is 15.6. The van der Waals surface area contributed by atoms with Gasteiger partial charge < -0.3 is 9.47 Å². The summed E-state index contributed by atoms with van der Waals surface area (Å²) in [6.07, 6.45) is 4.85. The number of carbonyl (C=O) groups excluding carboxylic acids is 1. The van der Waals surface area contributed by atoms with Gasteiger partial charge in [-0.1, -0.05) is 43.2 Å². The monoisotopic (exact) mass is 310 g/mol. The molecule has 0 unspecified atom stereocenters. The van der Waals surface area contributed by atoms with E-state index in [0.29, 0.717) is 12.2 Å². The van der Waals surface area contributed by atoms with E-state index in [0.717, 1.165) is 29.2 Å². The fourth-order valence-electron chi connectivity index (χ4n) is 2.64. The van der Waals surface area contributed by atoms with E-state index in [9.17, 15) is 4.79 Å². The Morgan fingerprint density at radius 2 is 1.87 bits per heavy atom. The van der Waals surface area contributed by atoms with Crippen LogP contribution in [0.4, 0.5) is 0 Å². The lowest BCUT2D eigenvalue weighted by Gasteiger charge is -2.11. The molecule has 1 aliphatic carbocycles. The molecule has 0 heterocycles. The number of aryl methyl sites for hydroxylation is 1. The zero-order valence-electron chi connectivity index (χ0n) is 13.5. The van der Waals surface area contributed by atoms with Gasteiger partial charge in [0.1, 0.15) is 12.4 Å². The second kappa shape index (κ2) is 7.32. The lowest BCUT2D eigenvalue weighted by Crippen LogP contribution is -2.04. The summed E-state index contributed by atoms with van der Waals surface area (Å²) in [5, 5.41) is 0. The van der Waals surface area contributed by atoms with E-state index in [1.54, 1.807) is 6.07 Å². The van der Waals surface area contributed by atoms with Crippen LogP contribution in [0.25, 0.3) is 0 Å². The molecule has 23 heavy (non-hydrogen) atoms. The summed E-state index contributed by atoms with van der Waals surface area (Å²) in [6.45, 7) is 0.494. The molecule has 0 atom stereocenters. The Morgan fingerprint density at radius 1 is 1.09 bits per heavy atom. The minimum absolute atomic E-state index is 0.317. The van der Waals surface area contributed by atoms with E-state index in [2.05, 4.69) is 0 Å². The van der Waals surface area contributed by atoms with Crippen molar-refractivity contribution >= 4 is 5.97 Å². The van der Waals surface area contributed by atoms with Crippen LogP contribution in [0.3, 0.4) is 0 Å². The Bertz CT molecular complexity index is 660. The van der Waals surface area contributed by atoms with Crippen molar-refractivity contribution in [2.24, 2.45) is 5.92 Å². The van der Waals surface area contributed by atoms with Crippen molar-refractivity contribution in [3.05, 3.63) is 65.2 Å². The number of rotatable bonds is 7. The number of hydrogen-bond acceptors (Lipinski definition) is 3. The average molecular weight is 310 g/mol. The van der Waals surface area contributed by atoms with Gasteiger partial charge >= 0.3 is 5.97 Å². The zero-order chi connectivity index (χ0) is 16.1. The van der Waals surface area contributed by atoms with Crippen LogP contribution in [0.5, 0.6) is 5.75 Å². The number of esters is 1. The maximum atomic E-state index is 11.9. The highest BCUT2D eigenvalue weighted by Crippen LogP contribution is 2.34. The standard InChI is InChI=1S/C20H22O3/c1-22-20(21)18-11-17(10-9-15-7-8-15)12-19(13-18)23-14-16-5-3-2-4-6-16/h2-6,11-13,15H,7-10,14H2,1H3. The van der Waals surface area contributed by atoms with Gasteiger partial charge in [0.05, 0.1) is 12.7 Å². The van der Waals surface area contributed by atoms with Crippen LogP contribution in [0.1, 0.15) is 40.7 Å². The highest BCUT2D eigenvalue weighted by atomic mass is 16.5. The van der Waals surface area contributed by atoms with Gasteiger partial charge in [-0.3, -0.25) is 0 Å². The number of methoxy groups -OCH3 is 1. The molecule has 1 fully saturated rings. The van der Waals surface area contributed by atoms with Crippen molar-refractivity contribution in [2.45, 2.75) is 32.3 Å². The second-order valence-electron chi connectivity index (χ2n) is 6.11. The molecule has 0 amide bonds. The molecular formula is C20H22O3. The minimum atomic E-state index is -0.317. The average Bonchev–Trinajstić information content (AvgIpc) is 3.42. The third-order valence-electron chi connectivity index (χ3n) is 4.17. The van der Waals surface area contributed by atoms with E-state index in [1.165, 1.54) is 26.4 Å².